The number of nitrogens with zero attached hydrogens (tertiary/aromatic N) is 4. The largest absolute Gasteiger partial charge is 0.434 e. The second-order valence-electron chi connectivity index (χ2n) is 7.41. The second kappa shape index (κ2) is 7.58. The van der Waals surface area contributed by atoms with Crippen molar-refractivity contribution >= 4 is 17.8 Å². The number of rotatable bonds is 3. The van der Waals surface area contributed by atoms with Gasteiger partial charge in [0, 0.05) is 38.4 Å². The van der Waals surface area contributed by atoms with Crippen LogP contribution in [0, 0.1) is 11.3 Å². The van der Waals surface area contributed by atoms with E-state index in [9.17, 15) is 35.9 Å². The summed E-state index contributed by atoms with van der Waals surface area (Å²) < 4.78 is 79.1. The van der Waals surface area contributed by atoms with E-state index < -0.39 is 30.0 Å². The van der Waals surface area contributed by atoms with Crippen LogP contribution in [0.5, 0.6) is 0 Å². The first-order chi connectivity index (χ1) is 13.8. The predicted octanol–water partition coefficient (Wildman–Crippen LogP) is 3.17. The van der Waals surface area contributed by atoms with Crippen LogP contribution in [0.3, 0.4) is 0 Å². The molecular formula is C17H18F6N4O3. The molecule has 0 unspecified atom stereocenters. The first-order valence-corrected chi connectivity index (χ1v) is 8.98. The molecule has 166 valence electrons. The van der Waals surface area contributed by atoms with Gasteiger partial charge in [-0.25, -0.2) is 9.78 Å². The van der Waals surface area contributed by atoms with E-state index in [0.717, 1.165) is 4.90 Å². The van der Waals surface area contributed by atoms with Crippen LogP contribution < -0.4 is 4.90 Å². The molecule has 2 fully saturated rings. The van der Waals surface area contributed by atoms with Gasteiger partial charge in [-0.15, -0.1) is 0 Å². The average molecular weight is 440 g/mol. The molecule has 1 saturated carbocycles. The minimum absolute atomic E-state index is 0.0973. The van der Waals surface area contributed by atoms with Crippen LogP contribution in [0.2, 0.25) is 0 Å². The highest BCUT2D eigenvalue weighted by Crippen LogP contribution is 2.60. The molecule has 0 N–H and O–H groups in total. The summed E-state index contributed by atoms with van der Waals surface area (Å²) >= 11 is 0. The maximum atomic E-state index is 12.7. The molecule has 0 bridgehead atoms. The third kappa shape index (κ3) is 4.43. The third-order valence-electron chi connectivity index (χ3n) is 5.54. The van der Waals surface area contributed by atoms with Gasteiger partial charge in [-0.1, -0.05) is 0 Å². The molecule has 1 aliphatic heterocycles. The number of ether oxygens (including phenoxy) is 1. The van der Waals surface area contributed by atoms with Gasteiger partial charge in [-0.3, -0.25) is 14.7 Å². The van der Waals surface area contributed by atoms with Crippen LogP contribution in [0.15, 0.2) is 18.6 Å². The first-order valence-electron chi connectivity index (χ1n) is 8.98. The zero-order chi connectivity index (χ0) is 22.3. The zero-order valence-electron chi connectivity index (χ0n) is 15.7. The highest BCUT2D eigenvalue weighted by molar-refractivity contribution is 5.96. The van der Waals surface area contributed by atoms with Gasteiger partial charge in [0.2, 0.25) is 5.91 Å². The van der Waals surface area contributed by atoms with E-state index in [1.54, 1.807) is 7.05 Å². The molecule has 0 radical (unpaired) electrons. The molecule has 1 atom stereocenters. The number of carbonyl (C=O) groups is 2. The van der Waals surface area contributed by atoms with Gasteiger partial charge in [-0.2, -0.15) is 26.3 Å². The standard InChI is InChI=1S/C17H18F6N4O3/c1-26(11-9-24-4-5-25-11)12(28)10-8-15(10)2-6-27(7-3-15)14(29)30-13(16(18,19)20)17(21,22)23/h4-5,9-10,13H,2-3,6-8H2,1H3/t10-/m1/s1. The lowest BCUT2D eigenvalue weighted by Crippen LogP contribution is -2.49. The molecule has 1 saturated heterocycles. The molecule has 1 aliphatic carbocycles. The number of piperidine rings is 1. The van der Waals surface area contributed by atoms with Gasteiger partial charge in [0.05, 0.1) is 6.20 Å². The molecule has 3 rings (SSSR count). The fourth-order valence-corrected chi connectivity index (χ4v) is 3.69. The Balaban J connectivity index is 1.56. The monoisotopic (exact) mass is 440 g/mol. The lowest BCUT2D eigenvalue weighted by Gasteiger charge is -2.34. The van der Waals surface area contributed by atoms with Gasteiger partial charge in [0.15, 0.2) is 5.82 Å². The molecule has 7 nitrogen and oxygen atoms in total. The number of aromatic nitrogens is 2. The SMILES string of the molecule is CN(C(=O)[C@H]1CC12CCN(C(=O)OC(C(F)(F)F)C(F)(F)F)CC2)c1cnccn1. The Bertz CT molecular complexity index is 779. The molecule has 1 aromatic rings. The van der Waals surface area contributed by atoms with Crippen molar-refractivity contribution in [2.24, 2.45) is 11.3 Å². The molecule has 1 aromatic heterocycles. The average Bonchev–Trinajstić information content (AvgIpc) is 3.37. The smallest absolute Gasteiger partial charge is 0.426 e. The molecule has 13 heteroatoms. The van der Waals surface area contributed by atoms with Gasteiger partial charge >= 0.3 is 18.4 Å². The Morgan fingerprint density at radius 3 is 2.27 bits per heavy atom. The van der Waals surface area contributed by atoms with Crippen LogP contribution in [0.1, 0.15) is 19.3 Å². The van der Waals surface area contributed by atoms with Crippen molar-refractivity contribution in [2.75, 3.05) is 25.0 Å². The Kier molecular flexibility index (Phi) is 5.58. The van der Waals surface area contributed by atoms with Crippen LogP contribution >= 0.6 is 0 Å². The molecule has 2 heterocycles. The van der Waals surface area contributed by atoms with Crippen LogP contribution in [0.4, 0.5) is 37.0 Å². The maximum Gasteiger partial charge on any atom is 0.434 e. The lowest BCUT2D eigenvalue weighted by atomic mass is 9.90. The number of halogens is 6. The topological polar surface area (TPSA) is 75.6 Å². The fraction of sp³-hybridized carbons (Fsp3) is 0.647. The summed E-state index contributed by atoms with van der Waals surface area (Å²) in [5, 5.41) is 0. The summed E-state index contributed by atoms with van der Waals surface area (Å²) in [6.45, 7) is -0.195. The minimum atomic E-state index is -5.76. The Hall–Kier alpha value is -2.60. The maximum absolute atomic E-state index is 12.7. The molecule has 2 amide bonds. The van der Waals surface area contributed by atoms with Crippen LogP contribution in [-0.4, -0.2) is 65.5 Å². The summed E-state index contributed by atoms with van der Waals surface area (Å²) in [6, 6.07) is 0. The van der Waals surface area contributed by atoms with Crippen molar-refractivity contribution in [3.05, 3.63) is 18.6 Å². The van der Waals surface area contributed by atoms with Crippen LogP contribution in [-0.2, 0) is 9.53 Å². The van der Waals surface area contributed by atoms with E-state index in [0.29, 0.717) is 12.2 Å². The number of anilines is 1. The summed E-state index contributed by atoms with van der Waals surface area (Å²) in [5.74, 6) is -0.211. The summed E-state index contributed by atoms with van der Waals surface area (Å²) in [4.78, 5) is 34.6. The van der Waals surface area contributed by atoms with E-state index >= 15 is 0 Å². The number of alkyl halides is 6. The zero-order valence-corrected chi connectivity index (χ0v) is 15.7. The second-order valence-corrected chi connectivity index (χ2v) is 7.41. The Morgan fingerprint density at radius 1 is 1.17 bits per heavy atom. The fourth-order valence-electron chi connectivity index (χ4n) is 3.69. The molecule has 2 aliphatic rings. The van der Waals surface area contributed by atoms with Crippen molar-refractivity contribution in [1.29, 1.82) is 0 Å². The van der Waals surface area contributed by atoms with Crippen molar-refractivity contribution in [3.63, 3.8) is 0 Å². The number of amides is 2. The normalized spacial score (nSPS) is 20.9. The van der Waals surface area contributed by atoms with Crippen molar-refractivity contribution in [1.82, 2.24) is 14.9 Å². The highest BCUT2D eigenvalue weighted by Gasteiger charge is 2.62. The van der Waals surface area contributed by atoms with Gasteiger partial charge < -0.3 is 9.64 Å². The molecular weight excluding hydrogens is 422 g/mol. The summed E-state index contributed by atoms with van der Waals surface area (Å²) in [7, 11) is 1.54. The quantitative estimate of drug-likeness (QED) is 0.675. The van der Waals surface area contributed by atoms with E-state index in [1.807, 2.05) is 0 Å². The number of hydrogen-bond donors (Lipinski definition) is 0. The molecule has 0 aromatic carbocycles. The minimum Gasteiger partial charge on any atom is -0.426 e. The predicted molar refractivity (Wildman–Crippen MR) is 89.2 cm³/mol. The summed E-state index contributed by atoms with van der Waals surface area (Å²) in [5.41, 5.74) is -0.433. The van der Waals surface area contributed by atoms with E-state index in [4.69, 9.17) is 0 Å². The van der Waals surface area contributed by atoms with Gasteiger partial charge in [0.1, 0.15) is 0 Å². The third-order valence-corrected chi connectivity index (χ3v) is 5.54. The van der Waals surface area contributed by atoms with Crippen molar-refractivity contribution in [2.45, 2.75) is 37.7 Å². The number of carbonyl (C=O) groups excluding carboxylic acids is 2. The van der Waals surface area contributed by atoms with E-state index in [2.05, 4.69) is 14.7 Å². The van der Waals surface area contributed by atoms with E-state index in [-0.39, 0.29) is 37.8 Å². The van der Waals surface area contributed by atoms with Crippen molar-refractivity contribution in [3.8, 4) is 0 Å². The van der Waals surface area contributed by atoms with Gasteiger partial charge in [0.25, 0.3) is 6.10 Å². The number of likely N-dealkylation sites (tertiary alicyclic amines) is 1. The van der Waals surface area contributed by atoms with Crippen LogP contribution in [0.25, 0.3) is 0 Å². The first kappa shape index (κ1) is 22.1. The summed E-state index contributed by atoms with van der Waals surface area (Å²) in [6.07, 6.45) is -12.0. The van der Waals surface area contributed by atoms with E-state index in [1.165, 1.54) is 23.5 Å². The Morgan fingerprint density at radius 2 is 1.77 bits per heavy atom. The van der Waals surface area contributed by atoms with Crippen molar-refractivity contribution < 1.29 is 40.7 Å². The number of hydrogen-bond acceptors (Lipinski definition) is 5. The molecule has 30 heavy (non-hydrogen) atoms. The lowest BCUT2D eigenvalue weighted by molar-refractivity contribution is -0.308. The van der Waals surface area contributed by atoms with Gasteiger partial charge in [-0.05, 0) is 24.7 Å². The Labute approximate surface area is 167 Å². The molecule has 1 spiro atoms. The highest BCUT2D eigenvalue weighted by atomic mass is 19.4.